The second-order valence-electron chi connectivity index (χ2n) is 5.44. The lowest BCUT2D eigenvalue weighted by Crippen LogP contribution is -2.33. The molecule has 2 nitrogen and oxygen atoms in total. The minimum absolute atomic E-state index is 0.0252. The first-order chi connectivity index (χ1) is 8.42. The number of halogens is 1. The Kier molecular flexibility index (Phi) is 5.48. The minimum atomic E-state index is -0.0252. The number of hydrogen-bond donors (Lipinski definition) is 1. The minimum Gasteiger partial charge on any atom is -0.492 e. The van der Waals surface area contributed by atoms with Crippen molar-refractivity contribution in [3.63, 3.8) is 0 Å². The molecule has 0 fully saturated rings. The fraction of sp³-hybridized carbons (Fsp3) is 0.600. The van der Waals surface area contributed by atoms with Gasteiger partial charge >= 0.3 is 0 Å². The third kappa shape index (κ3) is 3.63. The molecule has 1 aromatic rings. The summed E-state index contributed by atoms with van der Waals surface area (Å²) >= 11 is 6.24. The third-order valence-electron chi connectivity index (χ3n) is 3.24. The van der Waals surface area contributed by atoms with Crippen molar-refractivity contribution >= 4 is 11.6 Å². The standard InChI is InChI=1S/C15H24ClNO/c1-5-18-14-7-6-12(8-13(14)16)15(4,10-17)9-11(2)3/h6-8,11H,5,9-10,17H2,1-4H3. The van der Waals surface area contributed by atoms with Crippen LogP contribution in [-0.2, 0) is 5.41 Å². The van der Waals surface area contributed by atoms with Gasteiger partial charge in [-0.05, 0) is 37.0 Å². The number of nitrogens with two attached hydrogens (primary N) is 1. The van der Waals surface area contributed by atoms with E-state index in [4.69, 9.17) is 22.1 Å². The summed E-state index contributed by atoms with van der Waals surface area (Å²) in [4.78, 5) is 0. The largest absolute Gasteiger partial charge is 0.492 e. The highest BCUT2D eigenvalue weighted by Crippen LogP contribution is 2.34. The Labute approximate surface area is 115 Å². The van der Waals surface area contributed by atoms with Gasteiger partial charge in [-0.25, -0.2) is 0 Å². The van der Waals surface area contributed by atoms with Gasteiger partial charge in [0.1, 0.15) is 5.75 Å². The summed E-state index contributed by atoms with van der Waals surface area (Å²) in [5.41, 5.74) is 7.12. The van der Waals surface area contributed by atoms with Crippen LogP contribution in [0.2, 0.25) is 5.02 Å². The predicted octanol–water partition coefficient (Wildman–Crippen LogP) is 4.00. The highest BCUT2D eigenvalue weighted by molar-refractivity contribution is 6.32. The smallest absolute Gasteiger partial charge is 0.137 e. The van der Waals surface area contributed by atoms with Crippen LogP contribution < -0.4 is 10.5 Å². The predicted molar refractivity (Wildman–Crippen MR) is 78.5 cm³/mol. The van der Waals surface area contributed by atoms with Crippen molar-refractivity contribution in [2.45, 2.75) is 39.5 Å². The Bertz CT molecular complexity index is 392. The van der Waals surface area contributed by atoms with Crippen LogP contribution >= 0.6 is 11.6 Å². The summed E-state index contributed by atoms with van der Waals surface area (Å²) in [5, 5.41) is 0.665. The Morgan fingerprint density at radius 3 is 2.50 bits per heavy atom. The molecule has 0 heterocycles. The molecule has 1 aromatic carbocycles. The molecular weight excluding hydrogens is 246 g/mol. The quantitative estimate of drug-likeness (QED) is 0.847. The van der Waals surface area contributed by atoms with E-state index < -0.39 is 0 Å². The molecule has 0 amide bonds. The van der Waals surface area contributed by atoms with Gasteiger partial charge in [0.2, 0.25) is 0 Å². The Hall–Kier alpha value is -0.730. The second kappa shape index (κ2) is 6.44. The molecule has 102 valence electrons. The topological polar surface area (TPSA) is 35.2 Å². The van der Waals surface area contributed by atoms with Crippen LogP contribution in [0, 0.1) is 5.92 Å². The second-order valence-corrected chi connectivity index (χ2v) is 5.85. The highest BCUT2D eigenvalue weighted by Gasteiger charge is 2.26. The van der Waals surface area contributed by atoms with Gasteiger partial charge in [-0.15, -0.1) is 0 Å². The van der Waals surface area contributed by atoms with Crippen molar-refractivity contribution in [1.82, 2.24) is 0 Å². The zero-order chi connectivity index (χ0) is 13.8. The van der Waals surface area contributed by atoms with E-state index in [2.05, 4.69) is 26.8 Å². The van der Waals surface area contributed by atoms with Crippen molar-refractivity contribution in [2.24, 2.45) is 11.7 Å². The molecule has 1 rings (SSSR count). The summed E-state index contributed by atoms with van der Waals surface area (Å²) in [6, 6.07) is 6.00. The summed E-state index contributed by atoms with van der Waals surface area (Å²) in [6.07, 6.45) is 1.05. The first-order valence-corrected chi connectivity index (χ1v) is 6.93. The van der Waals surface area contributed by atoms with Crippen molar-refractivity contribution < 1.29 is 4.74 Å². The van der Waals surface area contributed by atoms with E-state index in [0.29, 0.717) is 24.1 Å². The van der Waals surface area contributed by atoms with E-state index in [1.807, 2.05) is 19.1 Å². The molecule has 3 heteroatoms. The number of rotatable bonds is 6. The molecule has 0 aromatic heterocycles. The molecule has 0 bridgehead atoms. The van der Waals surface area contributed by atoms with Gasteiger partial charge in [-0.3, -0.25) is 0 Å². The maximum absolute atomic E-state index is 6.24. The molecular formula is C15H24ClNO. The molecule has 0 spiro atoms. The zero-order valence-electron chi connectivity index (χ0n) is 11.8. The SMILES string of the molecule is CCOc1ccc(C(C)(CN)CC(C)C)cc1Cl. The van der Waals surface area contributed by atoms with Crippen molar-refractivity contribution in [1.29, 1.82) is 0 Å². The van der Waals surface area contributed by atoms with Crippen molar-refractivity contribution in [3.8, 4) is 5.75 Å². The van der Waals surface area contributed by atoms with Crippen LogP contribution in [0.4, 0.5) is 0 Å². The molecule has 0 aliphatic rings. The van der Waals surface area contributed by atoms with Crippen LogP contribution in [0.15, 0.2) is 18.2 Å². The van der Waals surface area contributed by atoms with Gasteiger partial charge in [0.05, 0.1) is 11.6 Å². The van der Waals surface area contributed by atoms with Gasteiger partial charge < -0.3 is 10.5 Å². The normalized spacial score (nSPS) is 14.6. The van der Waals surface area contributed by atoms with Crippen molar-refractivity contribution in [3.05, 3.63) is 28.8 Å². The van der Waals surface area contributed by atoms with Gasteiger partial charge in [0, 0.05) is 12.0 Å². The average Bonchev–Trinajstić information content (AvgIpc) is 2.31. The summed E-state index contributed by atoms with van der Waals surface area (Å²) in [7, 11) is 0. The Morgan fingerprint density at radius 2 is 2.06 bits per heavy atom. The van der Waals surface area contributed by atoms with Gasteiger partial charge in [0.15, 0.2) is 0 Å². The molecule has 0 aliphatic heterocycles. The summed E-state index contributed by atoms with van der Waals surface area (Å²) in [5.74, 6) is 1.34. The van der Waals surface area contributed by atoms with E-state index in [9.17, 15) is 0 Å². The molecule has 1 unspecified atom stereocenters. The van der Waals surface area contributed by atoms with E-state index in [1.54, 1.807) is 0 Å². The van der Waals surface area contributed by atoms with E-state index >= 15 is 0 Å². The Balaban J connectivity index is 3.04. The van der Waals surface area contributed by atoms with Crippen LogP contribution in [-0.4, -0.2) is 13.2 Å². The van der Waals surface area contributed by atoms with Gasteiger partial charge in [-0.1, -0.05) is 38.4 Å². The van der Waals surface area contributed by atoms with Gasteiger partial charge in [-0.2, -0.15) is 0 Å². The van der Waals surface area contributed by atoms with E-state index in [1.165, 1.54) is 5.56 Å². The first-order valence-electron chi connectivity index (χ1n) is 6.56. The highest BCUT2D eigenvalue weighted by atomic mass is 35.5. The average molecular weight is 270 g/mol. The lowest BCUT2D eigenvalue weighted by atomic mass is 9.76. The van der Waals surface area contributed by atoms with Crippen LogP contribution in [0.5, 0.6) is 5.75 Å². The molecule has 0 radical (unpaired) electrons. The van der Waals surface area contributed by atoms with Crippen molar-refractivity contribution in [2.75, 3.05) is 13.2 Å². The molecule has 0 saturated carbocycles. The number of ether oxygens (including phenoxy) is 1. The van der Waals surface area contributed by atoms with Crippen LogP contribution in [0.25, 0.3) is 0 Å². The third-order valence-corrected chi connectivity index (χ3v) is 3.53. The molecule has 18 heavy (non-hydrogen) atoms. The summed E-state index contributed by atoms with van der Waals surface area (Å²) in [6.45, 7) is 9.81. The molecule has 2 N–H and O–H groups in total. The number of hydrogen-bond acceptors (Lipinski definition) is 2. The molecule has 0 aliphatic carbocycles. The van der Waals surface area contributed by atoms with E-state index in [0.717, 1.165) is 12.2 Å². The maximum atomic E-state index is 6.24. The molecule has 1 atom stereocenters. The van der Waals surface area contributed by atoms with E-state index in [-0.39, 0.29) is 5.41 Å². The summed E-state index contributed by atoms with van der Waals surface area (Å²) < 4.78 is 5.46. The van der Waals surface area contributed by atoms with Crippen LogP contribution in [0.3, 0.4) is 0 Å². The lowest BCUT2D eigenvalue weighted by Gasteiger charge is -2.31. The first kappa shape index (κ1) is 15.3. The number of benzene rings is 1. The fourth-order valence-electron chi connectivity index (χ4n) is 2.37. The lowest BCUT2D eigenvalue weighted by molar-refractivity contribution is 0.339. The van der Waals surface area contributed by atoms with Crippen LogP contribution in [0.1, 0.15) is 39.7 Å². The fourth-order valence-corrected chi connectivity index (χ4v) is 2.60. The zero-order valence-corrected chi connectivity index (χ0v) is 12.6. The van der Waals surface area contributed by atoms with Gasteiger partial charge in [0.25, 0.3) is 0 Å². The monoisotopic (exact) mass is 269 g/mol. The Morgan fingerprint density at radius 1 is 1.39 bits per heavy atom. The maximum Gasteiger partial charge on any atom is 0.137 e. The molecule has 0 saturated heterocycles.